The molecule has 2 amide bonds. The molecule has 2 aliphatic heterocycles. The third-order valence-electron chi connectivity index (χ3n) is 6.14. The first-order valence-corrected chi connectivity index (χ1v) is 12.8. The number of amides is 2. The van der Waals surface area contributed by atoms with E-state index in [9.17, 15) is 18.0 Å². The number of hydrogen-bond acceptors (Lipinski definition) is 7. The van der Waals surface area contributed by atoms with E-state index < -0.39 is 15.9 Å². The fraction of sp³-hybridized carbons (Fsp3) is 0.435. The topological polar surface area (TPSA) is 112 Å². The van der Waals surface area contributed by atoms with Crippen LogP contribution >= 0.6 is 0 Å². The van der Waals surface area contributed by atoms with Crippen LogP contribution in [0, 0.1) is 5.92 Å². The number of carbonyl (C=O) groups is 2. The van der Waals surface area contributed by atoms with Gasteiger partial charge >= 0.3 is 0 Å². The molecular weight excluding hydrogens is 458 g/mol. The lowest BCUT2D eigenvalue weighted by Crippen LogP contribution is -2.50. The lowest BCUT2D eigenvalue weighted by atomic mass is 10.1. The van der Waals surface area contributed by atoms with Crippen molar-refractivity contribution in [2.45, 2.75) is 6.42 Å². The molecule has 2 saturated heterocycles. The standard InChI is InChI=1S/C23H29N5O5S/c1-33-20-7-5-19(6-8-20)28-17-18(16-22(28)29)23(30)25-10-15-34(31,32)27-13-11-26(12-14-27)21-4-2-3-9-24-21/h2-9,18H,10-17H2,1H3,(H,25,30). The largest absolute Gasteiger partial charge is 0.497 e. The third kappa shape index (κ3) is 5.48. The predicted octanol–water partition coefficient (Wildman–Crippen LogP) is 0.711. The Kier molecular flexibility index (Phi) is 7.32. The number of anilines is 2. The van der Waals surface area contributed by atoms with Gasteiger partial charge in [0.15, 0.2) is 0 Å². The number of nitrogens with one attached hydrogen (secondary N) is 1. The smallest absolute Gasteiger partial charge is 0.227 e. The maximum atomic E-state index is 12.7. The van der Waals surface area contributed by atoms with Crippen molar-refractivity contribution >= 4 is 33.3 Å². The van der Waals surface area contributed by atoms with Crippen molar-refractivity contribution < 1.29 is 22.7 Å². The van der Waals surface area contributed by atoms with Crippen LogP contribution in [0.4, 0.5) is 11.5 Å². The number of hydrogen-bond donors (Lipinski definition) is 1. The van der Waals surface area contributed by atoms with E-state index >= 15 is 0 Å². The molecule has 1 atom stereocenters. The molecule has 1 aromatic carbocycles. The number of sulfonamides is 1. The summed E-state index contributed by atoms with van der Waals surface area (Å²) in [5, 5.41) is 2.70. The van der Waals surface area contributed by atoms with Gasteiger partial charge in [0.1, 0.15) is 11.6 Å². The van der Waals surface area contributed by atoms with Gasteiger partial charge in [0.05, 0.1) is 18.8 Å². The van der Waals surface area contributed by atoms with Gasteiger partial charge in [-0.15, -0.1) is 0 Å². The molecule has 0 radical (unpaired) electrons. The summed E-state index contributed by atoms with van der Waals surface area (Å²) in [6, 6.07) is 12.7. The zero-order valence-corrected chi connectivity index (χ0v) is 19.9. The molecule has 3 heterocycles. The summed E-state index contributed by atoms with van der Waals surface area (Å²) >= 11 is 0. The van der Waals surface area contributed by atoms with E-state index in [1.165, 1.54) is 4.31 Å². The molecule has 2 fully saturated rings. The molecule has 0 spiro atoms. The number of ether oxygens (including phenoxy) is 1. The summed E-state index contributed by atoms with van der Waals surface area (Å²) in [5.41, 5.74) is 0.702. The van der Waals surface area contributed by atoms with Gasteiger partial charge in [-0.25, -0.2) is 13.4 Å². The predicted molar refractivity (Wildman–Crippen MR) is 128 cm³/mol. The van der Waals surface area contributed by atoms with Gasteiger partial charge in [0.2, 0.25) is 21.8 Å². The van der Waals surface area contributed by atoms with Crippen molar-refractivity contribution in [3.05, 3.63) is 48.7 Å². The van der Waals surface area contributed by atoms with Crippen molar-refractivity contribution in [1.29, 1.82) is 0 Å². The quantitative estimate of drug-likeness (QED) is 0.584. The third-order valence-corrected chi connectivity index (χ3v) is 8.02. The van der Waals surface area contributed by atoms with Gasteiger partial charge < -0.3 is 19.9 Å². The minimum absolute atomic E-state index is 0.00878. The number of aromatic nitrogens is 1. The maximum Gasteiger partial charge on any atom is 0.227 e. The van der Waals surface area contributed by atoms with E-state index in [0.717, 1.165) is 5.82 Å². The van der Waals surface area contributed by atoms with E-state index in [4.69, 9.17) is 4.74 Å². The molecule has 1 unspecified atom stereocenters. The fourth-order valence-corrected chi connectivity index (χ4v) is 5.55. The summed E-state index contributed by atoms with van der Waals surface area (Å²) in [7, 11) is -1.93. The minimum Gasteiger partial charge on any atom is -0.497 e. The number of benzene rings is 1. The molecule has 0 bridgehead atoms. The average Bonchev–Trinajstić information content (AvgIpc) is 3.26. The Labute approximate surface area is 199 Å². The minimum atomic E-state index is -3.50. The van der Waals surface area contributed by atoms with Gasteiger partial charge in [-0.1, -0.05) is 6.07 Å². The Bertz CT molecular complexity index is 1100. The molecule has 1 N–H and O–H groups in total. The highest BCUT2D eigenvalue weighted by Gasteiger charge is 2.35. The molecule has 11 heteroatoms. The number of pyridine rings is 1. The second-order valence-electron chi connectivity index (χ2n) is 8.28. The Morgan fingerprint density at radius 3 is 2.50 bits per heavy atom. The highest BCUT2D eigenvalue weighted by Crippen LogP contribution is 2.27. The van der Waals surface area contributed by atoms with Gasteiger partial charge in [-0.3, -0.25) is 9.59 Å². The van der Waals surface area contributed by atoms with E-state index in [1.54, 1.807) is 42.5 Å². The van der Waals surface area contributed by atoms with Crippen LogP contribution in [0.1, 0.15) is 6.42 Å². The first-order valence-electron chi connectivity index (χ1n) is 11.2. The summed E-state index contributed by atoms with van der Waals surface area (Å²) < 4.78 is 32.1. The van der Waals surface area contributed by atoms with E-state index in [0.29, 0.717) is 37.6 Å². The number of methoxy groups -OCH3 is 1. The molecular formula is C23H29N5O5S. The summed E-state index contributed by atoms with van der Waals surface area (Å²) in [5.74, 6) is 0.388. The lowest BCUT2D eigenvalue weighted by Gasteiger charge is -2.34. The van der Waals surface area contributed by atoms with Gasteiger partial charge in [-0.2, -0.15) is 4.31 Å². The van der Waals surface area contributed by atoms with Crippen molar-refractivity contribution in [3.8, 4) is 5.75 Å². The van der Waals surface area contributed by atoms with Gasteiger partial charge in [0.25, 0.3) is 0 Å². The molecule has 0 saturated carbocycles. The number of nitrogens with zero attached hydrogens (tertiary/aromatic N) is 4. The lowest BCUT2D eigenvalue weighted by molar-refractivity contribution is -0.126. The number of rotatable bonds is 8. The van der Waals surface area contributed by atoms with Crippen LogP contribution in [0.2, 0.25) is 0 Å². The zero-order chi connectivity index (χ0) is 24.1. The molecule has 1 aromatic heterocycles. The molecule has 10 nitrogen and oxygen atoms in total. The fourth-order valence-electron chi connectivity index (χ4n) is 4.21. The molecule has 182 valence electrons. The van der Waals surface area contributed by atoms with Crippen LogP contribution in [0.25, 0.3) is 0 Å². The molecule has 4 rings (SSSR count). The Hall–Kier alpha value is -3.18. The van der Waals surface area contributed by atoms with Gasteiger partial charge in [-0.05, 0) is 36.4 Å². The molecule has 34 heavy (non-hydrogen) atoms. The highest BCUT2D eigenvalue weighted by molar-refractivity contribution is 7.89. The van der Waals surface area contributed by atoms with Crippen LogP contribution < -0.4 is 19.9 Å². The summed E-state index contributed by atoms with van der Waals surface area (Å²) in [4.78, 5) is 33.0. The SMILES string of the molecule is COc1ccc(N2CC(C(=O)NCCS(=O)(=O)N3CCN(c4ccccn4)CC3)CC2=O)cc1. The Morgan fingerprint density at radius 2 is 1.85 bits per heavy atom. The van der Waals surface area contributed by atoms with Crippen LogP contribution in [-0.2, 0) is 19.6 Å². The van der Waals surface area contributed by atoms with Crippen molar-refractivity contribution in [3.63, 3.8) is 0 Å². The Morgan fingerprint density at radius 1 is 1.12 bits per heavy atom. The average molecular weight is 488 g/mol. The zero-order valence-electron chi connectivity index (χ0n) is 19.1. The van der Waals surface area contributed by atoms with Crippen LogP contribution in [-0.4, -0.2) is 81.7 Å². The summed E-state index contributed by atoms with van der Waals surface area (Å²) in [6.07, 6.45) is 1.81. The van der Waals surface area contributed by atoms with Crippen molar-refractivity contribution in [2.75, 3.05) is 61.9 Å². The first-order chi connectivity index (χ1) is 16.4. The van der Waals surface area contributed by atoms with E-state index in [1.807, 2.05) is 18.2 Å². The second-order valence-corrected chi connectivity index (χ2v) is 10.4. The normalized spacial score (nSPS) is 19.3. The van der Waals surface area contributed by atoms with E-state index in [2.05, 4.69) is 15.2 Å². The maximum absolute atomic E-state index is 12.7. The molecule has 2 aliphatic rings. The first kappa shape index (κ1) is 24.0. The number of piperazine rings is 1. The van der Waals surface area contributed by atoms with Crippen LogP contribution in [0.5, 0.6) is 5.75 Å². The Balaban J connectivity index is 1.23. The second kappa shape index (κ2) is 10.4. The van der Waals surface area contributed by atoms with Crippen molar-refractivity contribution in [1.82, 2.24) is 14.6 Å². The molecule has 2 aromatic rings. The highest BCUT2D eigenvalue weighted by atomic mass is 32.2. The van der Waals surface area contributed by atoms with Gasteiger partial charge in [0, 0.05) is 57.6 Å². The monoisotopic (exact) mass is 487 g/mol. The number of carbonyl (C=O) groups excluding carboxylic acids is 2. The van der Waals surface area contributed by atoms with Crippen LogP contribution in [0.3, 0.4) is 0 Å². The summed E-state index contributed by atoms with van der Waals surface area (Å²) in [6.45, 7) is 2.15. The van der Waals surface area contributed by atoms with E-state index in [-0.39, 0.29) is 37.1 Å². The van der Waals surface area contributed by atoms with Crippen molar-refractivity contribution in [2.24, 2.45) is 5.92 Å². The van der Waals surface area contributed by atoms with Crippen LogP contribution in [0.15, 0.2) is 48.7 Å². The molecule has 0 aliphatic carbocycles.